The van der Waals surface area contributed by atoms with Crippen LogP contribution in [0.15, 0.2) is 22.7 Å². The Morgan fingerprint density at radius 1 is 1.20 bits per heavy atom. The Hall–Kier alpha value is -1.03. The summed E-state index contributed by atoms with van der Waals surface area (Å²) in [6, 6.07) is 6.77. The predicted octanol–water partition coefficient (Wildman–Crippen LogP) is 3.89. The van der Waals surface area contributed by atoms with Gasteiger partial charge in [-0.3, -0.25) is 5.41 Å². The molecule has 1 saturated heterocycles. The quantitative estimate of drug-likeness (QED) is 0.636. The lowest BCUT2D eigenvalue weighted by Gasteiger charge is -2.45. The summed E-state index contributed by atoms with van der Waals surface area (Å²) in [5.41, 5.74) is 7.63. The molecule has 2 atom stereocenters. The molecule has 0 aromatic heterocycles. The van der Waals surface area contributed by atoms with Crippen LogP contribution in [0.5, 0.6) is 0 Å². The summed E-state index contributed by atoms with van der Waals surface area (Å²) in [6.07, 6.45) is 8.17. The molecule has 3 N–H and O–H groups in total. The van der Waals surface area contributed by atoms with E-state index in [1.165, 1.54) is 44.2 Å². The largest absolute Gasteiger partial charge is 0.384 e. The first-order valence-electron chi connectivity index (χ1n) is 7.57. The monoisotopic (exact) mass is 335 g/mol. The van der Waals surface area contributed by atoms with Crippen molar-refractivity contribution in [1.82, 2.24) is 0 Å². The fourth-order valence-electron chi connectivity index (χ4n) is 3.83. The second-order valence-electron chi connectivity index (χ2n) is 6.03. The standard InChI is InChI=1S/C16H22BrN3/c17-13-10-12(16(18)19)7-8-15(13)20-9-3-5-11-4-1-2-6-14(11)20/h7-8,10-11,14H,1-6,9H2,(H3,18,19)/t11-,14-/m1/s1. The van der Waals surface area contributed by atoms with Crippen molar-refractivity contribution in [2.45, 2.75) is 44.6 Å². The van der Waals surface area contributed by atoms with E-state index < -0.39 is 0 Å². The van der Waals surface area contributed by atoms with E-state index in [1.807, 2.05) is 12.1 Å². The third-order valence-electron chi connectivity index (χ3n) is 4.81. The Morgan fingerprint density at radius 2 is 1.95 bits per heavy atom. The molecule has 1 aliphatic carbocycles. The number of nitrogens with two attached hydrogens (primary N) is 1. The van der Waals surface area contributed by atoms with Crippen LogP contribution in [0.25, 0.3) is 0 Å². The molecule has 0 unspecified atom stereocenters. The third kappa shape index (κ3) is 2.58. The van der Waals surface area contributed by atoms with Gasteiger partial charge in [-0.2, -0.15) is 0 Å². The highest BCUT2D eigenvalue weighted by atomic mass is 79.9. The van der Waals surface area contributed by atoms with Gasteiger partial charge in [0.15, 0.2) is 0 Å². The predicted molar refractivity (Wildman–Crippen MR) is 87.5 cm³/mol. The van der Waals surface area contributed by atoms with E-state index in [0.29, 0.717) is 6.04 Å². The van der Waals surface area contributed by atoms with Gasteiger partial charge < -0.3 is 10.6 Å². The molecule has 3 rings (SSSR count). The number of nitrogen functional groups attached to an aromatic ring is 1. The van der Waals surface area contributed by atoms with E-state index in [-0.39, 0.29) is 5.84 Å². The third-order valence-corrected chi connectivity index (χ3v) is 5.45. The minimum atomic E-state index is 0.131. The Kier molecular flexibility index (Phi) is 4.01. The first-order valence-corrected chi connectivity index (χ1v) is 8.36. The lowest BCUT2D eigenvalue weighted by atomic mass is 9.78. The van der Waals surface area contributed by atoms with Gasteiger partial charge in [-0.1, -0.05) is 12.8 Å². The van der Waals surface area contributed by atoms with Crippen molar-refractivity contribution in [3.8, 4) is 0 Å². The van der Waals surface area contributed by atoms with Gasteiger partial charge in [-0.25, -0.2) is 0 Å². The van der Waals surface area contributed by atoms with Crippen LogP contribution in [-0.2, 0) is 0 Å². The summed E-state index contributed by atoms with van der Waals surface area (Å²) in [7, 11) is 0. The Balaban J connectivity index is 1.89. The Bertz CT molecular complexity index is 512. The summed E-state index contributed by atoms with van der Waals surface area (Å²) < 4.78 is 1.07. The van der Waals surface area contributed by atoms with Crippen molar-refractivity contribution in [1.29, 1.82) is 5.41 Å². The van der Waals surface area contributed by atoms with Gasteiger partial charge >= 0.3 is 0 Å². The minimum Gasteiger partial charge on any atom is -0.384 e. The molecule has 1 aromatic carbocycles. The van der Waals surface area contributed by atoms with Gasteiger partial charge in [0.05, 0.1) is 5.69 Å². The summed E-state index contributed by atoms with van der Waals surface area (Å²) in [5.74, 6) is 1.00. The zero-order valence-electron chi connectivity index (χ0n) is 11.7. The molecule has 0 radical (unpaired) electrons. The van der Waals surface area contributed by atoms with Crippen LogP contribution in [0.2, 0.25) is 0 Å². The molecule has 20 heavy (non-hydrogen) atoms. The average molecular weight is 336 g/mol. The lowest BCUT2D eigenvalue weighted by molar-refractivity contribution is 0.243. The number of nitrogens with one attached hydrogen (secondary N) is 1. The van der Waals surface area contributed by atoms with E-state index >= 15 is 0 Å². The van der Waals surface area contributed by atoms with E-state index in [0.717, 1.165) is 22.5 Å². The van der Waals surface area contributed by atoms with E-state index in [1.54, 1.807) is 0 Å². The van der Waals surface area contributed by atoms with Crippen molar-refractivity contribution >= 4 is 27.5 Å². The summed E-state index contributed by atoms with van der Waals surface area (Å²) in [5, 5.41) is 7.54. The number of anilines is 1. The van der Waals surface area contributed by atoms with Crippen molar-refractivity contribution < 1.29 is 0 Å². The maximum Gasteiger partial charge on any atom is 0.122 e. The van der Waals surface area contributed by atoms with Gasteiger partial charge in [0.25, 0.3) is 0 Å². The van der Waals surface area contributed by atoms with Crippen LogP contribution in [0.1, 0.15) is 44.1 Å². The summed E-state index contributed by atoms with van der Waals surface area (Å²) >= 11 is 3.67. The second kappa shape index (κ2) is 5.76. The molecule has 0 spiro atoms. The Morgan fingerprint density at radius 3 is 2.70 bits per heavy atom. The van der Waals surface area contributed by atoms with E-state index in [2.05, 4.69) is 26.9 Å². The van der Waals surface area contributed by atoms with Crippen LogP contribution >= 0.6 is 15.9 Å². The molecule has 1 aliphatic heterocycles. The smallest absolute Gasteiger partial charge is 0.122 e. The molecule has 1 heterocycles. The molecule has 0 amide bonds. The number of nitrogens with zero attached hydrogens (tertiary/aromatic N) is 1. The van der Waals surface area contributed by atoms with Crippen LogP contribution in [0, 0.1) is 11.3 Å². The summed E-state index contributed by atoms with van der Waals surface area (Å²) in [4.78, 5) is 2.58. The average Bonchev–Trinajstić information content (AvgIpc) is 2.46. The van der Waals surface area contributed by atoms with Crippen LogP contribution in [0.4, 0.5) is 5.69 Å². The van der Waals surface area contributed by atoms with Crippen LogP contribution < -0.4 is 10.6 Å². The number of halogens is 1. The first kappa shape index (κ1) is 13.9. The molecular formula is C16H22BrN3. The van der Waals surface area contributed by atoms with Crippen molar-refractivity contribution in [2.24, 2.45) is 11.7 Å². The molecular weight excluding hydrogens is 314 g/mol. The van der Waals surface area contributed by atoms with Crippen molar-refractivity contribution in [2.75, 3.05) is 11.4 Å². The maximum absolute atomic E-state index is 7.54. The van der Waals surface area contributed by atoms with Gasteiger partial charge in [-0.15, -0.1) is 0 Å². The van der Waals surface area contributed by atoms with Crippen LogP contribution in [-0.4, -0.2) is 18.4 Å². The number of piperidine rings is 1. The number of rotatable bonds is 2. The molecule has 0 bridgehead atoms. The van der Waals surface area contributed by atoms with Crippen molar-refractivity contribution in [3.05, 3.63) is 28.2 Å². The number of benzene rings is 1. The summed E-state index contributed by atoms with van der Waals surface area (Å²) in [6.45, 7) is 1.15. The molecule has 3 nitrogen and oxygen atoms in total. The second-order valence-corrected chi connectivity index (χ2v) is 6.88. The number of hydrogen-bond donors (Lipinski definition) is 2. The topological polar surface area (TPSA) is 53.1 Å². The highest BCUT2D eigenvalue weighted by Crippen LogP contribution is 2.40. The molecule has 108 valence electrons. The Labute approximate surface area is 129 Å². The number of amidine groups is 1. The van der Waals surface area contributed by atoms with Gasteiger partial charge in [-0.05, 0) is 65.7 Å². The van der Waals surface area contributed by atoms with Crippen LogP contribution in [0.3, 0.4) is 0 Å². The van der Waals surface area contributed by atoms with Gasteiger partial charge in [0, 0.05) is 22.6 Å². The fraction of sp³-hybridized carbons (Fsp3) is 0.562. The molecule has 1 aromatic rings. The lowest BCUT2D eigenvalue weighted by Crippen LogP contribution is -2.47. The fourth-order valence-corrected chi connectivity index (χ4v) is 4.44. The maximum atomic E-state index is 7.54. The normalized spacial score (nSPS) is 26.1. The highest BCUT2D eigenvalue weighted by Gasteiger charge is 2.33. The molecule has 2 aliphatic rings. The highest BCUT2D eigenvalue weighted by molar-refractivity contribution is 9.10. The molecule has 2 fully saturated rings. The van der Waals surface area contributed by atoms with Crippen molar-refractivity contribution in [3.63, 3.8) is 0 Å². The molecule has 1 saturated carbocycles. The van der Waals surface area contributed by atoms with E-state index in [4.69, 9.17) is 11.1 Å². The van der Waals surface area contributed by atoms with Gasteiger partial charge in [0.1, 0.15) is 5.84 Å². The number of hydrogen-bond acceptors (Lipinski definition) is 2. The first-order chi connectivity index (χ1) is 9.66. The zero-order chi connectivity index (χ0) is 14.1. The SMILES string of the molecule is N=C(N)c1ccc(N2CCC[C@H]3CCCC[C@H]32)c(Br)c1. The minimum absolute atomic E-state index is 0.131. The number of fused-ring (bicyclic) bond motifs is 1. The zero-order valence-corrected chi connectivity index (χ0v) is 13.3. The van der Waals surface area contributed by atoms with Gasteiger partial charge in [0.2, 0.25) is 0 Å². The molecule has 4 heteroatoms. The van der Waals surface area contributed by atoms with E-state index in [9.17, 15) is 0 Å².